The van der Waals surface area contributed by atoms with Gasteiger partial charge in [-0.25, -0.2) is 14.5 Å². The third kappa shape index (κ3) is 4.44. The number of carbonyl (C=O) groups excluding carboxylic acids is 1. The lowest BCUT2D eigenvalue weighted by atomic mass is 10.2. The summed E-state index contributed by atoms with van der Waals surface area (Å²) in [6.07, 6.45) is 3.46. The van der Waals surface area contributed by atoms with E-state index >= 15 is 0 Å². The number of benzene rings is 2. The molecule has 0 saturated carbocycles. The topological polar surface area (TPSA) is 65.7 Å². The summed E-state index contributed by atoms with van der Waals surface area (Å²) in [7, 11) is 0. The number of alkyl halides is 2. The Morgan fingerprint density at radius 1 is 1.03 bits per heavy atom. The number of ether oxygens (including phenoxy) is 2. The maximum atomic E-state index is 12.5. The highest BCUT2D eigenvalue weighted by molar-refractivity contribution is 7.13. The number of halogens is 2. The SMILES string of the molecule is O=C1OC(c2ccc(OC(F)F)cc2)=NC1=Cc1cn(-c2ccccc2)nc1-c1cccs1. The molecule has 0 N–H and O–H groups in total. The van der Waals surface area contributed by atoms with Gasteiger partial charge in [0.1, 0.15) is 11.4 Å². The van der Waals surface area contributed by atoms with Crippen LogP contribution in [0.15, 0.2) is 89.0 Å². The average Bonchev–Trinajstić information content (AvgIpc) is 3.56. The van der Waals surface area contributed by atoms with E-state index in [1.54, 1.807) is 10.8 Å². The van der Waals surface area contributed by atoms with E-state index in [9.17, 15) is 13.6 Å². The molecule has 0 saturated heterocycles. The number of nitrogens with zero attached hydrogens (tertiary/aromatic N) is 3. The van der Waals surface area contributed by atoms with Gasteiger partial charge in [0.15, 0.2) is 5.70 Å². The number of esters is 1. The van der Waals surface area contributed by atoms with Crippen molar-refractivity contribution in [2.24, 2.45) is 4.99 Å². The Labute approximate surface area is 191 Å². The van der Waals surface area contributed by atoms with Crippen LogP contribution in [0.5, 0.6) is 5.75 Å². The summed E-state index contributed by atoms with van der Waals surface area (Å²) in [6, 6.07) is 19.2. The van der Waals surface area contributed by atoms with Crippen LogP contribution in [0.2, 0.25) is 0 Å². The van der Waals surface area contributed by atoms with Gasteiger partial charge in [-0.3, -0.25) is 0 Å². The Morgan fingerprint density at radius 2 is 1.82 bits per heavy atom. The first kappa shape index (κ1) is 20.8. The molecule has 33 heavy (non-hydrogen) atoms. The van der Waals surface area contributed by atoms with E-state index in [0.29, 0.717) is 16.8 Å². The molecule has 0 spiro atoms. The molecule has 4 aromatic rings. The number of rotatable bonds is 6. The van der Waals surface area contributed by atoms with E-state index in [2.05, 4.69) is 9.73 Å². The third-order valence-electron chi connectivity index (χ3n) is 4.76. The van der Waals surface area contributed by atoms with Crippen LogP contribution in [0.25, 0.3) is 22.3 Å². The largest absolute Gasteiger partial charge is 0.435 e. The minimum atomic E-state index is -2.92. The summed E-state index contributed by atoms with van der Waals surface area (Å²) >= 11 is 1.54. The lowest BCUT2D eigenvalue weighted by Crippen LogP contribution is -2.06. The van der Waals surface area contributed by atoms with Crippen molar-refractivity contribution in [1.29, 1.82) is 0 Å². The van der Waals surface area contributed by atoms with Crippen molar-refractivity contribution in [1.82, 2.24) is 9.78 Å². The molecule has 3 heterocycles. The zero-order chi connectivity index (χ0) is 22.8. The number of carbonyl (C=O) groups is 1. The first-order chi connectivity index (χ1) is 16.1. The van der Waals surface area contributed by atoms with E-state index in [-0.39, 0.29) is 17.3 Å². The number of aromatic nitrogens is 2. The molecule has 9 heteroatoms. The number of aliphatic imine (C=N–C) groups is 1. The van der Waals surface area contributed by atoms with Crippen molar-refractivity contribution < 1.29 is 23.0 Å². The van der Waals surface area contributed by atoms with Gasteiger partial charge in [0, 0.05) is 17.3 Å². The summed E-state index contributed by atoms with van der Waals surface area (Å²) in [5.41, 5.74) is 2.88. The first-order valence-electron chi connectivity index (χ1n) is 9.83. The van der Waals surface area contributed by atoms with Crippen molar-refractivity contribution >= 4 is 29.3 Å². The third-order valence-corrected chi connectivity index (χ3v) is 5.63. The van der Waals surface area contributed by atoms with Crippen LogP contribution in [0.1, 0.15) is 11.1 Å². The molecule has 1 aliphatic heterocycles. The predicted molar refractivity (Wildman–Crippen MR) is 121 cm³/mol. The van der Waals surface area contributed by atoms with Gasteiger partial charge in [0.25, 0.3) is 0 Å². The van der Waals surface area contributed by atoms with E-state index in [0.717, 1.165) is 10.6 Å². The molecule has 2 aromatic carbocycles. The number of para-hydroxylation sites is 1. The second-order valence-corrected chi connectivity index (χ2v) is 7.88. The van der Waals surface area contributed by atoms with Crippen molar-refractivity contribution in [2.75, 3.05) is 0 Å². The fourth-order valence-electron chi connectivity index (χ4n) is 3.27. The van der Waals surface area contributed by atoms with Crippen molar-refractivity contribution in [2.45, 2.75) is 6.61 Å². The molecule has 5 rings (SSSR count). The van der Waals surface area contributed by atoms with Gasteiger partial charge in [0.2, 0.25) is 5.90 Å². The molecule has 6 nitrogen and oxygen atoms in total. The van der Waals surface area contributed by atoms with Gasteiger partial charge in [-0.1, -0.05) is 24.3 Å². The Morgan fingerprint density at radius 3 is 2.52 bits per heavy atom. The standard InChI is InChI=1S/C24H15F2N3O3S/c25-24(26)31-18-10-8-15(9-11-18)22-27-19(23(30)32-22)13-16-14-29(17-5-2-1-3-6-17)28-21(16)20-7-4-12-33-20/h1-14,24H. The molecule has 0 aliphatic carbocycles. The lowest BCUT2D eigenvalue weighted by Gasteiger charge is -2.04. The molecule has 0 fully saturated rings. The van der Waals surface area contributed by atoms with Gasteiger partial charge < -0.3 is 9.47 Å². The Hall–Kier alpha value is -4.11. The van der Waals surface area contributed by atoms with Gasteiger partial charge in [-0.2, -0.15) is 13.9 Å². The molecule has 0 radical (unpaired) electrons. The van der Waals surface area contributed by atoms with E-state index in [4.69, 9.17) is 9.84 Å². The lowest BCUT2D eigenvalue weighted by molar-refractivity contribution is -0.129. The quantitative estimate of drug-likeness (QED) is 0.278. The summed E-state index contributed by atoms with van der Waals surface area (Å²) in [6.45, 7) is -2.92. The zero-order valence-electron chi connectivity index (χ0n) is 16.9. The van der Waals surface area contributed by atoms with Gasteiger partial charge in [0.05, 0.1) is 10.6 Å². The van der Waals surface area contributed by atoms with Crippen LogP contribution < -0.4 is 4.74 Å². The molecular formula is C24H15F2N3O3S. The molecule has 0 amide bonds. The van der Waals surface area contributed by atoms with Crippen LogP contribution in [0.3, 0.4) is 0 Å². The minimum Gasteiger partial charge on any atom is -0.435 e. The van der Waals surface area contributed by atoms with E-state index in [1.165, 1.54) is 35.6 Å². The van der Waals surface area contributed by atoms with Crippen LogP contribution in [-0.4, -0.2) is 28.3 Å². The van der Waals surface area contributed by atoms with Crippen LogP contribution in [0, 0.1) is 0 Å². The summed E-state index contributed by atoms with van der Waals surface area (Å²) in [5, 5.41) is 6.66. The normalized spacial score (nSPS) is 14.6. The Kier molecular flexibility index (Phi) is 5.54. The van der Waals surface area contributed by atoms with Crippen molar-refractivity contribution in [3.8, 4) is 22.0 Å². The Balaban J connectivity index is 1.50. The molecular weight excluding hydrogens is 448 g/mol. The number of hydrogen-bond donors (Lipinski definition) is 0. The van der Waals surface area contributed by atoms with Gasteiger partial charge >= 0.3 is 12.6 Å². The van der Waals surface area contributed by atoms with Crippen LogP contribution >= 0.6 is 11.3 Å². The summed E-state index contributed by atoms with van der Waals surface area (Å²) in [4.78, 5) is 17.8. The smallest absolute Gasteiger partial charge is 0.387 e. The number of cyclic esters (lactones) is 1. The highest BCUT2D eigenvalue weighted by Crippen LogP contribution is 2.30. The summed E-state index contributed by atoms with van der Waals surface area (Å²) in [5.74, 6) is -0.520. The van der Waals surface area contributed by atoms with Gasteiger partial charge in [-0.15, -0.1) is 11.3 Å². The maximum Gasteiger partial charge on any atom is 0.387 e. The number of thiophene rings is 1. The Bertz CT molecular complexity index is 1350. The molecule has 2 aromatic heterocycles. The summed E-state index contributed by atoms with van der Waals surface area (Å²) < 4.78 is 36.1. The first-order valence-corrected chi connectivity index (χ1v) is 10.7. The molecule has 0 bridgehead atoms. The monoisotopic (exact) mass is 463 g/mol. The fraction of sp³-hybridized carbons (Fsp3) is 0.0417. The highest BCUT2D eigenvalue weighted by Gasteiger charge is 2.25. The van der Waals surface area contributed by atoms with E-state index in [1.807, 2.05) is 54.0 Å². The zero-order valence-corrected chi connectivity index (χ0v) is 17.7. The average molecular weight is 463 g/mol. The van der Waals surface area contributed by atoms with Crippen LogP contribution in [-0.2, 0) is 9.53 Å². The molecule has 0 unspecified atom stereocenters. The predicted octanol–water partition coefficient (Wildman–Crippen LogP) is 5.55. The van der Waals surface area contributed by atoms with Crippen molar-refractivity contribution in [3.63, 3.8) is 0 Å². The van der Waals surface area contributed by atoms with E-state index < -0.39 is 12.6 Å². The number of hydrogen-bond acceptors (Lipinski definition) is 6. The fourth-order valence-corrected chi connectivity index (χ4v) is 4.00. The van der Waals surface area contributed by atoms with Gasteiger partial charge in [-0.05, 0) is 53.9 Å². The minimum absolute atomic E-state index is 0.00311. The van der Waals surface area contributed by atoms with Crippen LogP contribution in [0.4, 0.5) is 8.78 Å². The highest BCUT2D eigenvalue weighted by atomic mass is 32.1. The maximum absolute atomic E-state index is 12.5. The second kappa shape index (κ2) is 8.79. The molecule has 1 aliphatic rings. The molecule has 0 atom stereocenters. The molecule has 164 valence electrons. The van der Waals surface area contributed by atoms with Crippen molar-refractivity contribution in [3.05, 3.63) is 95.1 Å². The second-order valence-electron chi connectivity index (χ2n) is 6.93.